The highest BCUT2D eigenvalue weighted by molar-refractivity contribution is 6.07. The van der Waals surface area contributed by atoms with Gasteiger partial charge in [-0.15, -0.1) is 0 Å². The number of benzene rings is 1. The van der Waals surface area contributed by atoms with Crippen LogP contribution in [-0.4, -0.2) is 48.2 Å². The van der Waals surface area contributed by atoms with Gasteiger partial charge in [0.25, 0.3) is 5.91 Å². The number of carbonyl (C=O) groups is 3. The van der Waals surface area contributed by atoms with Crippen LogP contribution in [0.4, 0.5) is 0 Å². The fourth-order valence-electron chi connectivity index (χ4n) is 4.05. The molecule has 2 fully saturated rings. The van der Waals surface area contributed by atoms with Crippen molar-refractivity contribution in [3.63, 3.8) is 0 Å². The maximum Gasteiger partial charge on any atom is 0.255 e. The molecular formula is C20H23NO5. The number of rotatable bonds is 4. The SMILES string of the molecule is O=C1CCC(N2Cc3c(OCC4CCCOC4)cccc3C2=O)C(=O)C1. The third-order valence-electron chi connectivity index (χ3n) is 5.50. The van der Waals surface area contributed by atoms with Gasteiger partial charge in [-0.25, -0.2) is 0 Å². The average molecular weight is 357 g/mol. The number of fused-ring (bicyclic) bond motifs is 1. The Hall–Kier alpha value is -2.21. The number of hydrogen-bond donors (Lipinski definition) is 0. The van der Waals surface area contributed by atoms with Crippen LogP contribution in [0.25, 0.3) is 0 Å². The van der Waals surface area contributed by atoms with Crippen molar-refractivity contribution in [2.75, 3.05) is 19.8 Å². The topological polar surface area (TPSA) is 72.9 Å². The quantitative estimate of drug-likeness (QED) is 0.772. The first-order valence-corrected chi connectivity index (χ1v) is 9.31. The van der Waals surface area contributed by atoms with Crippen LogP contribution >= 0.6 is 0 Å². The Morgan fingerprint density at radius 3 is 2.85 bits per heavy atom. The van der Waals surface area contributed by atoms with Gasteiger partial charge in [0.1, 0.15) is 11.5 Å². The second-order valence-corrected chi connectivity index (χ2v) is 7.35. The van der Waals surface area contributed by atoms with E-state index in [1.165, 1.54) is 0 Å². The number of hydrogen-bond acceptors (Lipinski definition) is 5. The Balaban J connectivity index is 1.48. The zero-order valence-electron chi connectivity index (χ0n) is 14.7. The van der Waals surface area contributed by atoms with E-state index < -0.39 is 6.04 Å². The molecule has 3 aliphatic rings. The monoisotopic (exact) mass is 357 g/mol. The van der Waals surface area contributed by atoms with Crippen molar-refractivity contribution in [2.45, 2.75) is 44.7 Å². The highest BCUT2D eigenvalue weighted by Crippen LogP contribution is 2.34. The van der Waals surface area contributed by atoms with E-state index >= 15 is 0 Å². The molecule has 1 aromatic carbocycles. The van der Waals surface area contributed by atoms with Gasteiger partial charge < -0.3 is 14.4 Å². The summed E-state index contributed by atoms with van der Waals surface area (Å²) in [6, 6.07) is 4.99. The van der Waals surface area contributed by atoms with Crippen molar-refractivity contribution in [1.82, 2.24) is 4.90 Å². The highest BCUT2D eigenvalue weighted by Gasteiger charge is 2.40. The summed E-state index contributed by atoms with van der Waals surface area (Å²) in [5, 5.41) is 0. The van der Waals surface area contributed by atoms with Gasteiger partial charge >= 0.3 is 0 Å². The lowest BCUT2D eigenvalue weighted by atomic mass is 9.92. The molecule has 6 nitrogen and oxygen atoms in total. The summed E-state index contributed by atoms with van der Waals surface area (Å²) in [7, 11) is 0. The summed E-state index contributed by atoms with van der Waals surface area (Å²) in [6.45, 7) is 2.47. The van der Waals surface area contributed by atoms with Crippen molar-refractivity contribution < 1.29 is 23.9 Å². The molecule has 2 aliphatic heterocycles. The Labute approximate surface area is 152 Å². The Morgan fingerprint density at radius 2 is 2.08 bits per heavy atom. The maximum absolute atomic E-state index is 12.8. The van der Waals surface area contributed by atoms with Crippen LogP contribution in [-0.2, 0) is 20.9 Å². The van der Waals surface area contributed by atoms with E-state index in [0.29, 0.717) is 49.8 Å². The van der Waals surface area contributed by atoms with Crippen molar-refractivity contribution in [3.8, 4) is 5.75 Å². The van der Waals surface area contributed by atoms with E-state index in [2.05, 4.69) is 0 Å². The normalized spacial score (nSPS) is 26.2. The van der Waals surface area contributed by atoms with E-state index in [1.807, 2.05) is 12.1 Å². The molecule has 1 saturated carbocycles. The minimum absolute atomic E-state index is 0.0332. The Kier molecular flexibility index (Phi) is 4.76. The summed E-state index contributed by atoms with van der Waals surface area (Å²) < 4.78 is 11.5. The molecule has 4 rings (SSSR count). The minimum atomic E-state index is -0.493. The summed E-state index contributed by atoms with van der Waals surface area (Å²) in [4.78, 5) is 38.1. The molecular weight excluding hydrogens is 334 g/mol. The van der Waals surface area contributed by atoms with E-state index in [9.17, 15) is 14.4 Å². The van der Waals surface area contributed by atoms with Crippen LogP contribution in [0, 0.1) is 5.92 Å². The predicted octanol–water partition coefficient (Wildman–Crippen LogP) is 2.14. The van der Waals surface area contributed by atoms with Crippen LogP contribution in [0.2, 0.25) is 0 Å². The molecule has 0 spiro atoms. The van der Waals surface area contributed by atoms with Crippen molar-refractivity contribution in [1.29, 1.82) is 0 Å². The van der Waals surface area contributed by atoms with E-state index in [1.54, 1.807) is 11.0 Å². The minimum Gasteiger partial charge on any atom is -0.493 e. The van der Waals surface area contributed by atoms with Crippen LogP contribution in [0.5, 0.6) is 5.75 Å². The highest BCUT2D eigenvalue weighted by atomic mass is 16.5. The molecule has 2 atom stereocenters. The lowest BCUT2D eigenvalue weighted by Crippen LogP contribution is -2.44. The van der Waals surface area contributed by atoms with Crippen molar-refractivity contribution >= 4 is 17.5 Å². The first kappa shape index (κ1) is 17.2. The number of carbonyl (C=O) groups excluding carboxylic acids is 3. The van der Waals surface area contributed by atoms with Crippen LogP contribution in [0.1, 0.15) is 48.0 Å². The van der Waals surface area contributed by atoms with Crippen LogP contribution in [0.15, 0.2) is 18.2 Å². The molecule has 138 valence electrons. The van der Waals surface area contributed by atoms with Gasteiger partial charge in [-0.1, -0.05) is 6.07 Å². The number of ketones is 2. The van der Waals surface area contributed by atoms with Gasteiger partial charge in [-0.05, 0) is 31.4 Å². The van der Waals surface area contributed by atoms with E-state index in [-0.39, 0.29) is 23.9 Å². The smallest absolute Gasteiger partial charge is 0.255 e. The Bertz CT molecular complexity index is 738. The predicted molar refractivity (Wildman–Crippen MR) is 93.0 cm³/mol. The van der Waals surface area contributed by atoms with Crippen molar-refractivity contribution in [3.05, 3.63) is 29.3 Å². The number of Topliss-reactive ketones (excluding diaryl/α,β-unsaturated/α-hetero) is 2. The fourth-order valence-corrected chi connectivity index (χ4v) is 4.05. The zero-order valence-corrected chi connectivity index (χ0v) is 14.7. The van der Waals surface area contributed by atoms with E-state index in [4.69, 9.17) is 9.47 Å². The van der Waals surface area contributed by atoms with E-state index in [0.717, 1.165) is 25.0 Å². The first-order valence-electron chi connectivity index (χ1n) is 9.31. The molecule has 26 heavy (non-hydrogen) atoms. The average Bonchev–Trinajstić information content (AvgIpc) is 2.98. The third-order valence-corrected chi connectivity index (χ3v) is 5.50. The summed E-state index contributed by atoms with van der Waals surface area (Å²) in [6.07, 6.45) is 2.87. The molecule has 1 aromatic rings. The molecule has 1 aliphatic carbocycles. The lowest BCUT2D eigenvalue weighted by Gasteiger charge is -2.29. The number of nitrogens with zero attached hydrogens (tertiary/aromatic N) is 1. The van der Waals surface area contributed by atoms with Gasteiger partial charge in [0.05, 0.1) is 32.2 Å². The molecule has 1 amide bonds. The summed E-state index contributed by atoms with van der Waals surface area (Å²) in [5.74, 6) is 0.763. The standard InChI is InChI=1S/C20H23NO5/c22-14-6-7-17(18(23)9-14)21-10-16-15(20(21)24)4-1-5-19(16)26-12-13-3-2-8-25-11-13/h1,4-5,13,17H,2-3,6-12H2. The van der Waals surface area contributed by atoms with Gasteiger partial charge in [0.15, 0.2) is 5.78 Å². The van der Waals surface area contributed by atoms with Crippen LogP contribution < -0.4 is 4.74 Å². The van der Waals surface area contributed by atoms with Crippen LogP contribution in [0.3, 0.4) is 0 Å². The summed E-state index contributed by atoms with van der Waals surface area (Å²) in [5.41, 5.74) is 1.45. The Morgan fingerprint density at radius 1 is 1.19 bits per heavy atom. The molecule has 0 aromatic heterocycles. The number of ether oxygens (including phenoxy) is 2. The molecule has 1 saturated heterocycles. The fraction of sp³-hybridized carbons (Fsp3) is 0.550. The van der Waals surface area contributed by atoms with Gasteiger partial charge in [0, 0.05) is 30.1 Å². The molecule has 6 heteroatoms. The summed E-state index contributed by atoms with van der Waals surface area (Å²) >= 11 is 0. The molecule has 0 radical (unpaired) electrons. The largest absolute Gasteiger partial charge is 0.493 e. The molecule has 2 heterocycles. The zero-order chi connectivity index (χ0) is 18.1. The maximum atomic E-state index is 12.8. The molecule has 2 unspecified atom stereocenters. The van der Waals surface area contributed by atoms with Gasteiger partial charge in [0.2, 0.25) is 0 Å². The third kappa shape index (κ3) is 3.26. The first-order chi connectivity index (χ1) is 12.6. The molecule has 0 bridgehead atoms. The number of amides is 1. The van der Waals surface area contributed by atoms with Crippen molar-refractivity contribution in [2.24, 2.45) is 5.92 Å². The lowest BCUT2D eigenvalue weighted by molar-refractivity contribution is -0.133. The molecule has 0 N–H and O–H groups in total. The van der Waals surface area contributed by atoms with Gasteiger partial charge in [-0.3, -0.25) is 14.4 Å². The second-order valence-electron chi connectivity index (χ2n) is 7.35. The second kappa shape index (κ2) is 7.19. The van der Waals surface area contributed by atoms with Gasteiger partial charge in [-0.2, -0.15) is 0 Å².